The van der Waals surface area contributed by atoms with Gasteiger partial charge in [-0.05, 0) is 43.4 Å². The number of rotatable bonds is 1. The number of carbonyl (C=O) groups excluding carboxylic acids is 1. The first-order chi connectivity index (χ1) is 9.52. The number of hydroxylamine groups is 1. The predicted octanol–water partition coefficient (Wildman–Crippen LogP) is 2.27. The number of benzene rings is 1. The van der Waals surface area contributed by atoms with Crippen molar-refractivity contribution >= 4 is 5.91 Å². The van der Waals surface area contributed by atoms with Crippen molar-refractivity contribution in [1.82, 2.24) is 10.4 Å². The van der Waals surface area contributed by atoms with Crippen molar-refractivity contribution < 1.29 is 14.4 Å². The average molecular weight is 278 g/mol. The molecule has 1 aromatic carbocycles. The summed E-state index contributed by atoms with van der Waals surface area (Å²) in [6.45, 7) is 5.29. The van der Waals surface area contributed by atoms with Crippen LogP contribution in [0.25, 0.3) is 0 Å². The molecule has 3 atom stereocenters. The van der Waals surface area contributed by atoms with Gasteiger partial charge in [0.25, 0.3) is 5.91 Å². The highest BCUT2D eigenvalue weighted by Gasteiger charge is 2.41. The van der Waals surface area contributed by atoms with Crippen molar-refractivity contribution in [3.63, 3.8) is 0 Å². The van der Waals surface area contributed by atoms with Gasteiger partial charge in [0, 0.05) is 29.8 Å². The van der Waals surface area contributed by atoms with Gasteiger partial charge in [-0.15, -0.1) is 0 Å². The summed E-state index contributed by atoms with van der Waals surface area (Å²) in [6, 6.07) is 3.51. The summed E-state index contributed by atoms with van der Waals surface area (Å²) in [5.74, 6) is -0.454. The first-order valence-corrected chi connectivity index (χ1v) is 7.05. The van der Waals surface area contributed by atoms with E-state index in [0.29, 0.717) is 12.0 Å². The quantitative estimate of drug-likeness (QED) is 0.612. The van der Waals surface area contributed by atoms with Crippen LogP contribution in [0.15, 0.2) is 12.1 Å². The molecular weight excluding hydrogens is 259 g/mol. The molecule has 4 nitrogen and oxygen atoms in total. The molecular formula is C15H19FN2O2. The van der Waals surface area contributed by atoms with Crippen molar-refractivity contribution in [3.8, 4) is 0 Å². The number of hydrogen-bond donors (Lipinski definition) is 2. The largest absolute Gasteiger partial charge is 0.293 e. The normalized spacial score (nSPS) is 28.9. The summed E-state index contributed by atoms with van der Waals surface area (Å²) in [4.78, 5) is 13.8. The fourth-order valence-corrected chi connectivity index (χ4v) is 3.64. The highest BCUT2D eigenvalue weighted by molar-refractivity contribution is 5.93. The van der Waals surface area contributed by atoms with Crippen molar-refractivity contribution in [3.05, 3.63) is 34.6 Å². The highest BCUT2D eigenvalue weighted by Crippen LogP contribution is 2.44. The van der Waals surface area contributed by atoms with Crippen LogP contribution in [0.1, 0.15) is 47.8 Å². The van der Waals surface area contributed by atoms with E-state index in [-0.39, 0.29) is 17.4 Å². The van der Waals surface area contributed by atoms with Crippen LogP contribution < -0.4 is 5.48 Å². The van der Waals surface area contributed by atoms with E-state index < -0.39 is 5.91 Å². The Morgan fingerprint density at radius 1 is 1.45 bits per heavy atom. The van der Waals surface area contributed by atoms with Gasteiger partial charge in [-0.25, -0.2) is 9.87 Å². The highest BCUT2D eigenvalue weighted by atomic mass is 19.1. The van der Waals surface area contributed by atoms with Gasteiger partial charge in [0.15, 0.2) is 0 Å². The van der Waals surface area contributed by atoms with Crippen LogP contribution in [0.2, 0.25) is 0 Å². The first kappa shape index (κ1) is 13.5. The zero-order valence-corrected chi connectivity index (χ0v) is 11.7. The summed E-state index contributed by atoms with van der Waals surface area (Å²) in [5.41, 5.74) is 3.37. The SMILES string of the molecule is C[C@@H]1[C@@H](C)C[C@H]2c3c(F)cc(C(=O)NO)cc3CCN12. The van der Waals surface area contributed by atoms with Crippen LogP contribution in [0.3, 0.4) is 0 Å². The minimum atomic E-state index is -0.665. The molecule has 1 amide bonds. The van der Waals surface area contributed by atoms with Gasteiger partial charge in [0.05, 0.1) is 0 Å². The smallest absolute Gasteiger partial charge is 0.274 e. The van der Waals surface area contributed by atoms with Crippen LogP contribution in [0.5, 0.6) is 0 Å². The summed E-state index contributed by atoms with van der Waals surface area (Å²) in [7, 11) is 0. The number of halogens is 1. The molecule has 108 valence electrons. The number of amides is 1. The molecule has 0 radical (unpaired) electrons. The summed E-state index contributed by atoms with van der Waals surface area (Å²) < 4.78 is 14.4. The minimum Gasteiger partial charge on any atom is -0.293 e. The third kappa shape index (κ3) is 1.93. The van der Waals surface area contributed by atoms with Crippen LogP contribution in [0.4, 0.5) is 4.39 Å². The topological polar surface area (TPSA) is 52.6 Å². The fourth-order valence-electron chi connectivity index (χ4n) is 3.64. The molecule has 0 spiro atoms. The van der Waals surface area contributed by atoms with Gasteiger partial charge in [-0.3, -0.25) is 14.9 Å². The van der Waals surface area contributed by atoms with Crippen molar-refractivity contribution in [2.75, 3.05) is 6.54 Å². The van der Waals surface area contributed by atoms with E-state index in [9.17, 15) is 9.18 Å². The minimum absolute atomic E-state index is 0.120. The van der Waals surface area contributed by atoms with E-state index in [1.807, 2.05) is 0 Å². The van der Waals surface area contributed by atoms with Crippen LogP contribution in [-0.4, -0.2) is 28.6 Å². The van der Waals surface area contributed by atoms with Crippen LogP contribution >= 0.6 is 0 Å². The Hall–Kier alpha value is -1.46. The monoisotopic (exact) mass is 278 g/mol. The molecule has 2 N–H and O–H groups in total. The molecule has 1 saturated heterocycles. The lowest BCUT2D eigenvalue weighted by molar-refractivity contribution is 0.0705. The van der Waals surface area contributed by atoms with E-state index in [1.54, 1.807) is 11.5 Å². The molecule has 1 fully saturated rings. The maximum atomic E-state index is 14.4. The lowest BCUT2D eigenvalue weighted by atomic mass is 9.89. The lowest BCUT2D eigenvalue weighted by Crippen LogP contribution is -2.37. The number of carbonyl (C=O) groups is 1. The standard InChI is InChI=1S/C15H19FN2O2/c1-8-5-13-14-10(3-4-18(13)9(8)2)6-11(7-12(14)16)15(19)17-20/h6-9,13,20H,3-5H2,1-2H3,(H,17,19)/t8-,9+,13-/m0/s1. The van der Waals surface area contributed by atoms with Crippen molar-refractivity contribution in [2.45, 2.75) is 38.8 Å². The van der Waals surface area contributed by atoms with Crippen molar-refractivity contribution in [1.29, 1.82) is 0 Å². The Morgan fingerprint density at radius 3 is 2.90 bits per heavy atom. The van der Waals surface area contributed by atoms with Crippen molar-refractivity contribution in [2.24, 2.45) is 5.92 Å². The van der Waals surface area contributed by atoms with E-state index in [0.717, 1.165) is 30.5 Å². The van der Waals surface area contributed by atoms with Gasteiger partial charge in [-0.1, -0.05) is 6.92 Å². The third-order valence-corrected chi connectivity index (χ3v) is 4.89. The Balaban J connectivity index is 2.04. The Kier molecular flexibility index (Phi) is 3.26. The van der Waals surface area contributed by atoms with Gasteiger partial charge in [0.1, 0.15) is 5.82 Å². The Labute approximate surface area is 117 Å². The van der Waals surface area contributed by atoms with E-state index in [2.05, 4.69) is 18.7 Å². The van der Waals surface area contributed by atoms with Gasteiger partial charge < -0.3 is 0 Å². The molecule has 0 aromatic heterocycles. The summed E-state index contributed by atoms with van der Waals surface area (Å²) in [6.07, 6.45) is 1.70. The molecule has 1 aromatic rings. The average Bonchev–Trinajstić information content (AvgIpc) is 2.73. The molecule has 0 bridgehead atoms. The zero-order chi connectivity index (χ0) is 14.4. The second-order valence-corrected chi connectivity index (χ2v) is 5.93. The Morgan fingerprint density at radius 2 is 2.20 bits per heavy atom. The molecule has 0 saturated carbocycles. The molecule has 0 unspecified atom stereocenters. The number of nitrogens with zero attached hydrogens (tertiary/aromatic N) is 1. The van der Waals surface area contributed by atoms with Crippen LogP contribution in [-0.2, 0) is 6.42 Å². The third-order valence-electron chi connectivity index (χ3n) is 4.89. The maximum absolute atomic E-state index is 14.4. The molecule has 0 aliphatic carbocycles. The van der Waals surface area contributed by atoms with Gasteiger partial charge in [0.2, 0.25) is 0 Å². The van der Waals surface area contributed by atoms with Gasteiger partial charge >= 0.3 is 0 Å². The second kappa shape index (κ2) is 4.82. The molecule has 5 heteroatoms. The first-order valence-electron chi connectivity index (χ1n) is 7.05. The predicted molar refractivity (Wildman–Crippen MR) is 72.0 cm³/mol. The fraction of sp³-hybridized carbons (Fsp3) is 0.533. The maximum Gasteiger partial charge on any atom is 0.274 e. The molecule has 2 heterocycles. The zero-order valence-electron chi connectivity index (χ0n) is 11.7. The second-order valence-electron chi connectivity index (χ2n) is 5.93. The summed E-state index contributed by atoms with van der Waals surface area (Å²) in [5, 5.41) is 8.67. The number of nitrogens with one attached hydrogen (secondary N) is 1. The van der Waals surface area contributed by atoms with Gasteiger partial charge in [-0.2, -0.15) is 0 Å². The molecule has 3 rings (SSSR count). The van der Waals surface area contributed by atoms with E-state index in [1.165, 1.54) is 6.07 Å². The molecule has 20 heavy (non-hydrogen) atoms. The summed E-state index contributed by atoms with van der Waals surface area (Å²) >= 11 is 0. The van der Waals surface area contributed by atoms with E-state index in [4.69, 9.17) is 5.21 Å². The molecule has 2 aliphatic rings. The Bertz CT molecular complexity index is 561. The molecule has 2 aliphatic heterocycles. The lowest BCUT2D eigenvalue weighted by Gasteiger charge is -2.35. The number of hydrogen-bond acceptors (Lipinski definition) is 3. The van der Waals surface area contributed by atoms with E-state index >= 15 is 0 Å². The number of fused-ring (bicyclic) bond motifs is 3. The van der Waals surface area contributed by atoms with Crippen LogP contribution in [0, 0.1) is 11.7 Å².